The summed E-state index contributed by atoms with van der Waals surface area (Å²) in [5.74, 6) is 0. The smallest absolute Gasteiger partial charge is 0.108 e. The maximum atomic E-state index is 8.63. The van der Waals surface area contributed by atoms with Crippen molar-refractivity contribution in [2.24, 2.45) is 0 Å². The van der Waals surface area contributed by atoms with E-state index in [9.17, 15) is 0 Å². The van der Waals surface area contributed by atoms with Crippen LogP contribution in [0.1, 0.15) is 6.92 Å². The zero-order valence-corrected chi connectivity index (χ0v) is 4.96. The van der Waals surface area contributed by atoms with Crippen LogP contribution in [0.3, 0.4) is 0 Å². The summed E-state index contributed by atoms with van der Waals surface area (Å²) in [5.41, 5.74) is -1.31. The van der Waals surface area contributed by atoms with Gasteiger partial charge in [-0.25, -0.2) is 0 Å². The fourth-order valence-electron chi connectivity index (χ4n) is 0.0500. The molecule has 8 heavy (non-hydrogen) atoms. The van der Waals surface area contributed by atoms with Crippen molar-refractivity contribution in [1.82, 2.24) is 6.15 Å². The summed E-state index contributed by atoms with van der Waals surface area (Å²) in [6.45, 7) is 0.556. The monoisotopic (exact) mass is 123 g/mol. The normalized spacial score (nSPS) is 10.5. The van der Waals surface area contributed by atoms with Crippen LogP contribution < -0.4 is 6.15 Å². The summed E-state index contributed by atoms with van der Waals surface area (Å²) in [6.07, 6.45) is 0. The zero-order chi connectivity index (χ0) is 5.91. The van der Waals surface area contributed by atoms with Gasteiger partial charge in [-0.15, -0.1) is 0 Å². The van der Waals surface area contributed by atoms with E-state index in [1.807, 2.05) is 0 Å². The van der Waals surface area contributed by atoms with Gasteiger partial charge in [-0.2, -0.15) is 0 Å². The molecule has 0 aromatic carbocycles. The van der Waals surface area contributed by atoms with E-state index < -0.39 is 18.8 Å². The predicted octanol–water partition coefficient (Wildman–Crippen LogP) is -1.12. The SMILES string of the molecule is CC(O)(CO)CO.N. The Morgan fingerprint density at radius 3 is 1.50 bits per heavy atom. The first-order valence-electron chi connectivity index (χ1n) is 2.06. The third-order valence-corrected chi connectivity index (χ3v) is 0.681. The Balaban J connectivity index is 0. The molecule has 0 radical (unpaired) electrons. The van der Waals surface area contributed by atoms with E-state index in [-0.39, 0.29) is 6.15 Å². The maximum absolute atomic E-state index is 8.63. The second kappa shape index (κ2) is 3.80. The van der Waals surface area contributed by atoms with Crippen LogP contribution in [0.4, 0.5) is 0 Å². The van der Waals surface area contributed by atoms with E-state index in [2.05, 4.69) is 0 Å². The van der Waals surface area contributed by atoms with Crippen molar-refractivity contribution in [3.63, 3.8) is 0 Å². The van der Waals surface area contributed by atoms with Crippen LogP contribution in [0.2, 0.25) is 0 Å². The van der Waals surface area contributed by atoms with Gasteiger partial charge in [0.1, 0.15) is 5.60 Å². The van der Waals surface area contributed by atoms with Crippen molar-refractivity contribution in [3.8, 4) is 0 Å². The van der Waals surface area contributed by atoms with Gasteiger partial charge in [-0.1, -0.05) is 0 Å². The molecule has 0 aliphatic carbocycles. The Morgan fingerprint density at radius 2 is 1.50 bits per heavy atom. The topological polar surface area (TPSA) is 95.7 Å². The lowest BCUT2D eigenvalue weighted by molar-refractivity contribution is -0.0399. The standard InChI is InChI=1S/C4H10O3.H3N/c1-4(7,2-5)3-6;/h5-7H,2-3H2,1H3;1H3. The van der Waals surface area contributed by atoms with Gasteiger partial charge in [-0.05, 0) is 6.92 Å². The molecule has 0 amide bonds. The average molecular weight is 123 g/mol. The van der Waals surface area contributed by atoms with Crippen molar-refractivity contribution < 1.29 is 15.3 Å². The van der Waals surface area contributed by atoms with Gasteiger partial charge in [0, 0.05) is 0 Å². The summed E-state index contributed by atoms with van der Waals surface area (Å²) < 4.78 is 0. The molecule has 6 N–H and O–H groups in total. The van der Waals surface area contributed by atoms with E-state index in [1.165, 1.54) is 6.92 Å². The maximum Gasteiger partial charge on any atom is 0.108 e. The molecule has 0 atom stereocenters. The quantitative estimate of drug-likeness (QED) is 0.374. The van der Waals surface area contributed by atoms with Crippen LogP contribution in [-0.2, 0) is 0 Å². The molecule has 52 valence electrons. The van der Waals surface area contributed by atoms with Crippen molar-refractivity contribution in [1.29, 1.82) is 0 Å². The minimum absolute atomic E-state index is 0. The Morgan fingerprint density at radius 1 is 1.25 bits per heavy atom. The Bertz CT molecular complexity index is 49.2. The van der Waals surface area contributed by atoms with Gasteiger partial charge in [0.25, 0.3) is 0 Å². The van der Waals surface area contributed by atoms with Gasteiger partial charge >= 0.3 is 0 Å². The Labute approximate surface area is 48.4 Å². The molecule has 4 heteroatoms. The highest BCUT2D eigenvalue weighted by Gasteiger charge is 2.15. The highest BCUT2D eigenvalue weighted by atomic mass is 16.4. The molecule has 0 aromatic rings. The van der Waals surface area contributed by atoms with Crippen LogP contribution in [0.5, 0.6) is 0 Å². The van der Waals surface area contributed by atoms with Crippen LogP contribution in [0.25, 0.3) is 0 Å². The van der Waals surface area contributed by atoms with E-state index in [0.29, 0.717) is 0 Å². The zero-order valence-electron chi connectivity index (χ0n) is 4.96. The Kier molecular flexibility index (Phi) is 5.10. The van der Waals surface area contributed by atoms with Crippen molar-refractivity contribution in [2.45, 2.75) is 12.5 Å². The summed E-state index contributed by atoms with van der Waals surface area (Å²) in [5, 5.41) is 25.0. The average Bonchev–Trinajstić information content (AvgIpc) is 1.68. The highest BCUT2D eigenvalue weighted by Crippen LogP contribution is 1.96. The molecular weight excluding hydrogens is 110 g/mol. The molecule has 0 bridgehead atoms. The third kappa shape index (κ3) is 4.01. The van der Waals surface area contributed by atoms with Gasteiger partial charge in [0.15, 0.2) is 0 Å². The third-order valence-electron chi connectivity index (χ3n) is 0.681. The second-order valence-electron chi connectivity index (χ2n) is 1.81. The fourth-order valence-corrected chi connectivity index (χ4v) is 0.0500. The number of hydrogen-bond acceptors (Lipinski definition) is 4. The number of aliphatic hydroxyl groups excluding tert-OH is 2. The lowest BCUT2D eigenvalue weighted by Crippen LogP contribution is -2.33. The lowest BCUT2D eigenvalue weighted by Gasteiger charge is -2.14. The molecule has 0 aromatic heterocycles. The Hall–Kier alpha value is -0.160. The first-order chi connectivity index (χ1) is 3.12. The number of hydrogen-bond donors (Lipinski definition) is 4. The largest absolute Gasteiger partial charge is 0.393 e. The van der Waals surface area contributed by atoms with Gasteiger partial charge < -0.3 is 21.5 Å². The minimum atomic E-state index is -1.31. The van der Waals surface area contributed by atoms with Gasteiger partial charge in [0.2, 0.25) is 0 Å². The van der Waals surface area contributed by atoms with Crippen molar-refractivity contribution in [3.05, 3.63) is 0 Å². The number of aliphatic hydroxyl groups is 3. The molecule has 0 saturated heterocycles. The van der Waals surface area contributed by atoms with Gasteiger partial charge in [-0.3, -0.25) is 0 Å². The first-order valence-corrected chi connectivity index (χ1v) is 2.06. The first kappa shape index (κ1) is 10.8. The summed E-state index contributed by atoms with van der Waals surface area (Å²) in [7, 11) is 0. The van der Waals surface area contributed by atoms with Crippen molar-refractivity contribution in [2.75, 3.05) is 13.2 Å². The van der Waals surface area contributed by atoms with E-state index >= 15 is 0 Å². The molecule has 0 aliphatic rings. The van der Waals surface area contributed by atoms with Crippen LogP contribution in [0.15, 0.2) is 0 Å². The summed E-state index contributed by atoms with van der Waals surface area (Å²) >= 11 is 0. The molecular formula is C4H13NO3. The number of rotatable bonds is 2. The highest BCUT2D eigenvalue weighted by molar-refractivity contribution is 4.67. The molecule has 0 unspecified atom stereocenters. The van der Waals surface area contributed by atoms with Crippen molar-refractivity contribution >= 4 is 0 Å². The van der Waals surface area contributed by atoms with Gasteiger partial charge in [0.05, 0.1) is 13.2 Å². The molecule has 0 heterocycles. The molecule has 4 nitrogen and oxygen atoms in total. The minimum Gasteiger partial charge on any atom is -0.393 e. The van der Waals surface area contributed by atoms with E-state index in [0.717, 1.165) is 0 Å². The van der Waals surface area contributed by atoms with Crippen LogP contribution in [0, 0.1) is 0 Å². The molecule has 0 fully saturated rings. The molecule has 0 spiro atoms. The fraction of sp³-hybridized carbons (Fsp3) is 1.00. The van der Waals surface area contributed by atoms with Crippen LogP contribution >= 0.6 is 0 Å². The van der Waals surface area contributed by atoms with E-state index in [1.54, 1.807) is 0 Å². The summed E-state index contributed by atoms with van der Waals surface area (Å²) in [6, 6.07) is 0. The van der Waals surface area contributed by atoms with E-state index in [4.69, 9.17) is 15.3 Å². The molecule has 0 aliphatic heterocycles. The molecule has 0 rings (SSSR count). The second-order valence-corrected chi connectivity index (χ2v) is 1.81. The lowest BCUT2D eigenvalue weighted by atomic mass is 10.1. The summed E-state index contributed by atoms with van der Waals surface area (Å²) in [4.78, 5) is 0. The molecule has 0 saturated carbocycles. The van der Waals surface area contributed by atoms with Crippen LogP contribution in [-0.4, -0.2) is 34.1 Å². The predicted molar refractivity (Wildman–Crippen MR) is 29.8 cm³/mol.